The van der Waals surface area contributed by atoms with Gasteiger partial charge in [0.1, 0.15) is 0 Å². The van der Waals surface area contributed by atoms with Crippen molar-refractivity contribution in [2.75, 3.05) is 0 Å². The van der Waals surface area contributed by atoms with E-state index in [1.54, 1.807) is 0 Å². The fraction of sp³-hybridized carbons (Fsp3) is 0.462. The second kappa shape index (κ2) is 4.42. The lowest BCUT2D eigenvalue weighted by Crippen LogP contribution is -2.09. The van der Waals surface area contributed by atoms with Crippen LogP contribution in [-0.4, -0.2) is 9.55 Å². The van der Waals surface area contributed by atoms with E-state index in [-0.39, 0.29) is 0 Å². The van der Waals surface area contributed by atoms with E-state index in [1.807, 2.05) is 17.7 Å². The third kappa shape index (κ3) is 1.92. The van der Waals surface area contributed by atoms with E-state index in [2.05, 4.69) is 27.1 Å². The molecule has 2 nitrogen and oxygen atoms in total. The smallest absolute Gasteiger partial charge is 0.0951 e. The maximum Gasteiger partial charge on any atom is 0.0951 e. The number of rotatable bonds is 3. The molecule has 0 aromatic carbocycles. The van der Waals surface area contributed by atoms with Gasteiger partial charge in [-0.05, 0) is 43.6 Å². The number of nitrogens with zero attached hydrogens (tertiary/aromatic N) is 2. The van der Waals surface area contributed by atoms with Crippen LogP contribution in [0.25, 0.3) is 0 Å². The second-order valence-corrected chi connectivity index (χ2v) is 5.40. The van der Waals surface area contributed by atoms with Crippen molar-refractivity contribution in [1.29, 1.82) is 0 Å². The first-order valence-corrected chi connectivity index (χ1v) is 6.87. The Kier molecular flexibility index (Phi) is 2.79. The number of imidazole rings is 1. The van der Waals surface area contributed by atoms with E-state index >= 15 is 0 Å². The molecule has 3 rings (SSSR count). The largest absolute Gasteiger partial charge is 0.334 e. The molecule has 2 aromatic heterocycles. The Morgan fingerprint density at radius 3 is 3.12 bits per heavy atom. The van der Waals surface area contributed by atoms with Gasteiger partial charge in [0.15, 0.2) is 0 Å². The molecule has 2 aromatic rings. The topological polar surface area (TPSA) is 17.8 Å². The van der Waals surface area contributed by atoms with Crippen LogP contribution in [0.3, 0.4) is 0 Å². The monoisotopic (exact) mass is 232 g/mol. The van der Waals surface area contributed by atoms with E-state index in [1.165, 1.54) is 41.9 Å². The molecule has 0 aliphatic heterocycles. The van der Waals surface area contributed by atoms with E-state index in [0.717, 1.165) is 13.0 Å². The molecule has 0 saturated carbocycles. The molecule has 0 atom stereocenters. The first kappa shape index (κ1) is 10.1. The molecule has 84 valence electrons. The van der Waals surface area contributed by atoms with Gasteiger partial charge in [-0.1, -0.05) is 6.07 Å². The number of thiophene rings is 1. The van der Waals surface area contributed by atoms with E-state index < -0.39 is 0 Å². The Labute approximate surface area is 100.0 Å². The summed E-state index contributed by atoms with van der Waals surface area (Å²) in [7, 11) is 0. The highest BCUT2D eigenvalue weighted by Crippen LogP contribution is 2.20. The lowest BCUT2D eigenvalue weighted by molar-refractivity contribution is 0.604. The molecule has 0 N–H and O–H groups in total. The first-order chi connectivity index (χ1) is 7.93. The average Bonchev–Trinajstić information content (AvgIpc) is 2.96. The summed E-state index contributed by atoms with van der Waals surface area (Å²) in [5, 5.41) is 2.15. The highest BCUT2D eigenvalue weighted by atomic mass is 32.1. The number of aryl methyl sites for hydroxylation is 3. The van der Waals surface area contributed by atoms with Crippen molar-refractivity contribution in [3.63, 3.8) is 0 Å². The lowest BCUT2D eigenvalue weighted by Gasteiger charge is -2.13. The molecule has 0 fully saturated rings. The van der Waals surface area contributed by atoms with Gasteiger partial charge in [0.05, 0.1) is 12.0 Å². The average molecular weight is 232 g/mol. The Morgan fingerprint density at radius 2 is 2.25 bits per heavy atom. The number of hydrogen-bond donors (Lipinski definition) is 0. The summed E-state index contributed by atoms with van der Waals surface area (Å²) in [5.74, 6) is 0. The molecule has 0 unspecified atom stereocenters. The Bertz CT molecular complexity index is 456. The van der Waals surface area contributed by atoms with Gasteiger partial charge in [-0.25, -0.2) is 4.98 Å². The molecule has 2 heterocycles. The van der Waals surface area contributed by atoms with Gasteiger partial charge >= 0.3 is 0 Å². The van der Waals surface area contributed by atoms with Crippen LogP contribution in [0.2, 0.25) is 0 Å². The number of hydrogen-bond acceptors (Lipinski definition) is 2. The molecular formula is C13H16N2S. The summed E-state index contributed by atoms with van der Waals surface area (Å²) < 4.78 is 2.36. The molecule has 0 saturated heterocycles. The van der Waals surface area contributed by atoms with Gasteiger partial charge in [-0.3, -0.25) is 0 Å². The van der Waals surface area contributed by atoms with Gasteiger partial charge in [-0.15, -0.1) is 11.3 Å². The van der Waals surface area contributed by atoms with Crippen molar-refractivity contribution in [3.8, 4) is 0 Å². The van der Waals surface area contributed by atoms with Crippen molar-refractivity contribution in [2.24, 2.45) is 0 Å². The van der Waals surface area contributed by atoms with Crippen LogP contribution >= 0.6 is 11.3 Å². The summed E-state index contributed by atoms with van der Waals surface area (Å²) in [6.45, 7) is 1.09. The van der Waals surface area contributed by atoms with E-state index in [0.29, 0.717) is 0 Å². The van der Waals surface area contributed by atoms with Gasteiger partial charge in [0.2, 0.25) is 0 Å². The van der Waals surface area contributed by atoms with Crippen LogP contribution in [0.5, 0.6) is 0 Å². The SMILES string of the molecule is c1csc(CCn2cnc3c2CCCC3)c1. The Hall–Kier alpha value is -1.09. The van der Waals surface area contributed by atoms with Gasteiger partial charge in [0.25, 0.3) is 0 Å². The lowest BCUT2D eigenvalue weighted by atomic mass is 10.0. The quantitative estimate of drug-likeness (QED) is 0.795. The first-order valence-electron chi connectivity index (χ1n) is 5.99. The normalized spacial score (nSPS) is 15.0. The van der Waals surface area contributed by atoms with Crippen LogP contribution in [0.15, 0.2) is 23.8 Å². The molecule has 3 heteroatoms. The summed E-state index contributed by atoms with van der Waals surface area (Å²) in [6.07, 6.45) is 8.22. The van der Waals surface area contributed by atoms with E-state index in [4.69, 9.17) is 0 Å². The van der Waals surface area contributed by atoms with Crippen LogP contribution < -0.4 is 0 Å². The Morgan fingerprint density at radius 1 is 1.31 bits per heavy atom. The summed E-state index contributed by atoms with van der Waals surface area (Å²) in [5.41, 5.74) is 2.83. The highest BCUT2D eigenvalue weighted by Gasteiger charge is 2.14. The zero-order chi connectivity index (χ0) is 10.8. The fourth-order valence-corrected chi connectivity index (χ4v) is 3.11. The van der Waals surface area contributed by atoms with Crippen LogP contribution in [-0.2, 0) is 25.8 Å². The van der Waals surface area contributed by atoms with Gasteiger partial charge in [-0.2, -0.15) is 0 Å². The van der Waals surface area contributed by atoms with Gasteiger partial charge in [0, 0.05) is 17.1 Å². The van der Waals surface area contributed by atoms with Crippen molar-refractivity contribution in [1.82, 2.24) is 9.55 Å². The molecule has 16 heavy (non-hydrogen) atoms. The maximum atomic E-state index is 4.52. The molecule has 0 bridgehead atoms. The minimum Gasteiger partial charge on any atom is -0.334 e. The molecule has 0 spiro atoms. The zero-order valence-corrected chi connectivity index (χ0v) is 10.2. The van der Waals surface area contributed by atoms with Crippen LogP contribution in [0.4, 0.5) is 0 Å². The highest BCUT2D eigenvalue weighted by molar-refractivity contribution is 7.09. The van der Waals surface area contributed by atoms with Crippen molar-refractivity contribution in [3.05, 3.63) is 40.1 Å². The fourth-order valence-electron chi connectivity index (χ4n) is 2.41. The second-order valence-electron chi connectivity index (χ2n) is 4.37. The standard InChI is InChI=1S/C13H16N2S/c1-2-6-13-12(5-1)14-10-15(13)8-7-11-4-3-9-16-11/h3-4,9-10H,1-2,5-8H2. The third-order valence-corrected chi connectivity index (χ3v) is 4.23. The summed E-state index contributed by atoms with van der Waals surface area (Å²) in [6, 6.07) is 4.34. The van der Waals surface area contributed by atoms with Crippen molar-refractivity contribution in [2.45, 2.75) is 38.6 Å². The molecular weight excluding hydrogens is 216 g/mol. The molecule has 0 radical (unpaired) electrons. The Balaban J connectivity index is 1.72. The maximum absolute atomic E-state index is 4.52. The summed E-state index contributed by atoms with van der Waals surface area (Å²) in [4.78, 5) is 5.99. The third-order valence-electron chi connectivity index (χ3n) is 3.29. The predicted molar refractivity (Wildman–Crippen MR) is 66.9 cm³/mol. The molecule has 0 amide bonds. The van der Waals surface area contributed by atoms with Gasteiger partial charge < -0.3 is 4.57 Å². The minimum atomic E-state index is 1.09. The van der Waals surface area contributed by atoms with Crippen molar-refractivity contribution >= 4 is 11.3 Å². The van der Waals surface area contributed by atoms with Crippen LogP contribution in [0.1, 0.15) is 29.1 Å². The van der Waals surface area contributed by atoms with Crippen molar-refractivity contribution < 1.29 is 0 Å². The zero-order valence-electron chi connectivity index (χ0n) is 9.35. The molecule has 1 aliphatic rings. The number of aromatic nitrogens is 2. The summed E-state index contributed by atoms with van der Waals surface area (Å²) >= 11 is 1.85. The molecule has 1 aliphatic carbocycles. The number of fused-ring (bicyclic) bond motifs is 1. The predicted octanol–water partition coefficient (Wildman–Crippen LogP) is 3.07. The van der Waals surface area contributed by atoms with Crippen LogP contribution in [0, 0.1) is 0 Å². The minimum absolute atomic E-state index is 1.09. The van der Waals surface area contributed by atoms with E-state index in [9.17, 15) is 0 Å².